The first kappa shape index (κ1) is 10.2. The molecule has 0 radical (unpaired) electrons. The van der Waals surface area contributed by atoms with Crippen LogP contribution in [0, 0.1) is 6.92 Å². The van der Waals surface area contributed by atoms with Gasteiger partial charge in [-0.2, -0.15) is 0 Å². The molecule has 0 spiro atoms. The molecule has 0 aliphatic heterocycles. The van der Waals surface area contributed by atoms with Crippen LogP contribution < -0.4 is 5.73 Å². The highest BCUT2D eigenvalue weighted by Crippen LogP contribution is 2.25. The number of aromatic carboxylic acids is 1. The first-order valence-corrected chi connectivity index (χ1v) is 4.63. The number of hydrogen-bond acceptors (Lipinski definition) is 4. The minimum absolute atomic E-state index is 0.143. The molecule has 2 aromatic rings. The lowest BCUT2D eigenvalue weighted by Crippen LogP contribution is -1.99. The molecule has 3 N–H and O–H groups in total. The van der Waals surface area contributed by atoms with Crippen molar-refractivity contribution < 1.29 is 14.3 Å². The van der Waals surface area contributed by atoms with Crippen LogP contribution in [0.3, 0.4) is 0 Å². The molecule has 82 valence electrons. The molecular formula is C11H10N2O3. The summed E-state index contributed by atoms with van der Waals surface area (Å²) in [6, 6.07) is 4.44. The van der Waals surface area contributed by atoms with Gasteiger partial charge in [0.1, 0.15) is 6.26 Å². The van der Waals surface area contributed by atoms with E-state index in [2.05, 4.69) is 4.98 Å². The van der Waals surface area contributed by atoms with E-state index in [1.165, 1.54) is 18.4 Å². The number of benzene rings is 1. The number of anilines is 1. The lowest BCUT2D eigenvalue weighted by Gasteiger charge is -2.02. The van der Waals surface area contributed by atoms with E-state index in [1.54, 1.807) is 13.0 Å². The van der Waals surface area contributed by atoms with E-state index in [9.17, 15) is 4.79 Å². The molecule has 0 aliphatic rings. The van der Waals surface area contributed by atoms with Crippen LogP contribution in [0.2, 0.25) is 0 Å². The summed E-state index contributed by atoms with van der Waals surface area (Å²) >= 11 is 0. The molecule has 1 heterocycles. The maximum atomic E-state index is 10.7. The average Bonchev–Trinajstić information content (AvgIpc) is 2.64. The number of aromatic nitrogens is 1. The Bertz CT molecular complexity index is 546. The van der Waals surface area contributed by atoms with Crippen molar-refractivity contribution in [2.45, 2.75) is 6.92 Å². The van der Waals surface area contributed by atoms with E-state index >= 15 is 0 Å². The molecule has 2 rings (SSSR count). The first-order valence-electron chi connectivity index (χ1n) is 4.63. The molecule has 5 nitrogen and oxygen atoms in total. The number of nitrogens with zero attached hydrogens (tertiary/aromatic N) is 1. The van der Waals surface area contributed by atoms with Gasteiger partial charge in [-0.1, -0.05) is 0 Å². The zero-order valence-electron chi connectivity index (χ0n) is 8.60. The second kappa shape index (κ2) is 3.69. The van der Waals surface area contributed by atoms with Crippen LogP contribution >= 0.6 is 0 Å². The first-order chi connectivity index (χ1) is 7.58. The third-order valence-electron chi connectivity index (χ3n) is 2.15. The molecule has 1 aromatic carbocycles. The fourth-order valence-electron chi connectivity index (χ4n) is 1.37. The molecule has 0 fully saturated rings. The van der Waals surface area contributed by atoms with Crippen molar-refractivity contribution in [2.75, 3.05) is 5.73 Å². The smallest absolute Gasteiger partial charge is 0.335 e. The van der Waals surface area contributed by atoms with E-state index < -0.39 is 5.97 Å². The number of rotatable bonds is 2. The third-order valence-corrected chi connectivity index (χ3v) is 2.15. The summed E-state index contributed by atoms with van der Waals surface area (Å²) in [7, 11) is 0. The maximum Gasteiger partial charge on any atom is 0.335 e. The Labute approximate surface area is 91.5 Å². The highest BCUT2D eigenvalue weighted by molar-refractivity contribution is 5.90. The number of oxazole rings is 1. The summed E-state index contributed by atoms with van der Waals surface area (Å²) in [4.78, 5) is 14.8. The van der Waals surface area contributed by atoms with Crippen molar-refractivity contribution in [3.05, 3.63) is 35.7 Å². The van der Waals surface area contributed by atoms with Gasteiger partial charge in [0.2, 0.25) is 5.89 Å². The van der Waals surface area contributed by atoms with Gasteiger partial charge in [-0.15, -0.1) is 0 Å². The Morgan fingerprint density at radius 1 is 1.50 bits per heavy atom. The van der Waals surface area contributed by atoms with Crippen molar-refractivity contribution in [3.63, 3.8) is 0 Å². The molecule has 0 amide bonds. The molecule has 5 heteroatoms. The number of carbonyl (C=O) groups is 1. The van der Waals surface area contributed by atoms with Crippen LogP contribution in [0.4, 0.5) is 5.69 Å². The van der Waals surface area contributed by atoms with Crippen LogP contribution in [-0.2, 0) is 0 Å². The molecule has 1 aromatic heterocycles. The van der Waals surface area contributed by atoms with Gasteiger partial charge in [0.05, 0.1) is 16.8 Å². The van der Waals surface area contributed by atoms with Crippen LogP contribution in [0.25, 0.3) is 11.5 Å². The zero-order chi connectivity index (χ0) is 11.7. The van der Waals surface area contributed by atoms with Crippen LogP contribution in [-0.4, -0.2) is 16.1 Å². The van der Waals surface area contributed by atoms with E-state index in [0.29, 0.717) is 17.1 Å². The van der Waals surface area contributed by atoms with Crippen molar-refractivity contribution >= 4 is 11.7 Å². The third kappa shape index (κ3) is 1.75. The number of nitrogen functional groups attached to an aromatic ring is 1. The minimum atomic E-state index is -1.01. The summed E-state index contributed by atoms with van der Waals surface area (Å²) in [5, 5.41) is 8.78. The zero-order valence-corrected chi connectivity index (χ0v) is 8.60. The monoisotopic (exact) mass is 218 g/mol. The lowest BCUT2D eigenvalue weighted by atomic mass is 10.1. The number of carboxylic acids is 1. The molecule has 0 saturated heterocycles. The fourth-order valence-corrected chi connectivity index (χ4v) is 1.37. The van der Waals surface area contributed by atoms with Gasteiger partial charge in [-0.05, 0) is 25.1 Å². The number of carboxylic acid groups (broad SMARTS) is 1. The van der Waals surface area contributed by atoms with Gasteiger partial charge in [0.15, 0.2) is 0 Å². The summed E-state index contributed by atoms with van der Waals surface area (Å²) in [6.45, 7) is 1.80. The van der Waals surface area contributed by atoms with Crippen molar-refractivity contribution in [2.24, 2.45) is 0 Å². The topological polar surface area (TPSA) is 89.3 Å². The Morgan fingerprint density at radius 2 is 2.25 bits per heavy atom. The van der Waals surface area contributed by atoms with Gasteiger partial charge in [-0.25, -0.2) is 9.78 Å². The summed E-state index contributed by atoms with van der Waals surface area (Å²) in [6.07, 6.45) is 1.51. The largest absolute Gasteiger partial charge is 0.478 e. The van der Waals surface area contributed by atoms with E-state index in [4.69, 9.17) is 15.3 Å². The van der Waals surface area contributed by atoms with E-state index in [1.807, 2.05) is 0 Å². The van der Waals surface area contributed by atoms with Crippen LogP contribution in [0.5, 0.6) is 0 Å². The quantitative estimate of drug-likeness (QED) is 0.751. The fraction of sp³-hybridized carbons (Fsp3) is 0.0909. The highest BCUT2D eigenvalue weighted by atomic mass is 16.4. The van der Waals surface area contributed by atoms with Crippen LogP contribution in [0.15, 0.2) is 28.9 Å². The van der Waals surface area contributed by atoms with E-state index in [-0.39, 0.29) is 5.56 Å². The van der Waals surface area contributed by atoms with Gasteiger partial charge in [0.25, 0.3) is 0 Å². The molecule has 0 saturated carbocycles. The second-order valence-electron chi connectivity index (χ2n) is 3.40. The Hall–Kier alpha value is -2.30. The molecule has 16 heavy (non-hydrogen) atoms. The minimum Gasteiger partial charge on any atom is -0.478 e. The second-order valence-corrected chi connectivity index (χ2v) is 3.40. The molecule has 0 aliphatic carbocycles. The van der Waals surface area contributed by atoms with Gasteiger partial charge in [-0.3, -0.25) is 0 Å². The molecular weight excluding hydrogens is 208 g/mol. The summed E-state index contributed by atoms with van der Waals surface area (Å²) in [5.74, 6) is -0.617. The number of hydrogen-bond donors (Lipinski definition) is 2. The standard InChI is InChI=1S/C11H10N2O3/c1-6-5-16-10(13-6)8-3-2-7(11(14)15)4-9(8)12/h2-5H,12H2,1H3,(H,14,15). The Morgan fingerprint density at radius 3 is 2.75 bits per heavy atom. The Kier molecular flexibility index (Phi) is 2.36. The normalized spacial score (nSPS) is 10.3. The van der Waals surface area contributed by atoms with E-state index in [0.717, 1.165) is 5.69 Å². The van der Waals surface area contributed by atoms with Crippen LogP contribution in [0.1, 0.15) is 16.1 Å². The molecule has 0 bridgehead atoms. The van der Waals surface area contributed by atoms with Gasteiger partial charge < -0.3 is 15.3 Å². The van der Waals surface area contributed by atoms with Gasteiger partial charge in [0, 0.05) is 5.69 Å². The molecule has 0 atom stereocenters. The van der Waals surface area contributed by atoms with Crippen molar-refractivity contribution in [3.8, 4) is 11.5 Å². The number of nitrogens with two attached hydrogens (primary N) is 1. The van der Waals surface area contributed by atoms with Gasteiger partial charge >= 0.3 is 5.97 Å². The average molecular weight is 218 g/mol. The highest BCUT2D eigenvalue weighted by Gasteiger charge is 2.11. The molecule has 0 unspecified atom stereocenters. The lowest BCUT2D eigenvalue weighted by molar-refractivity contribution is 0.0697. The predicted octanol–water partition coefficient (Wildman–Crippen LogP) is 1.93. The summed E-state index contributed by atoms with van der Waals surface area (Å²) in [5.41, 5.74) is 7.56. The van der Waals surface area contributed by atoms with Crippen molar-refractivity contribution in [1.29, 1.82) is 0 Å². The SMILES string of the molecule is Cc1coc(-c2ccc(C(=O)O)cc2N)n1. The Balaban J connectivity index is 2.47. The van der Waals surface area contributed by atoms with Crippen molar-refractivity contribution in [1.82, 2.24) is 4.98 Å². The maximum absolute atomic E-state index is 10.7. The predicted molar refractivity (Wildman–Crippen MR) is 58.0 cm³/mol. The summed E-state index contributed by atoms with van der Waals surface area (Å²) < 4.78 is 5.19. The number of aryl methyl sites for hydroxylation is 1.